The molecule has 0 aromatic heterocycles. The average Bonchev–Trinajstić information content (AvgIpc) is 3.23. The van der Waals surface area contributed by atoms with Crippen molar-refractivity contribution in [1.82, 2.24) is 5.32 Å². The van der Waals surface area contributed by atoms with E-state index in [9.17, 15) is 4.79 Å². The number of amides is 2. The molecule has 0 aliphatic heterocycles. The highest BCUT2D eigenvalue weighted by Crippen LogP contribution is 2.32. The Morgan fingerprint density at radius 2 is 2.15 bits per heavy atom. The standard InChI is InChI=1S/C15H22N2O3/c1-4-20-14-9-12(7-8-13(14)19-3)17-15(18)16-10(2)11-5-6-11/h7-11H,4-6H2,1-3H3,(H2,16,17,18). The molecule has 1 atom stereocenters. The lowest BCUT2D eigenvalue weighted by atomic mass is 10.2. The van der Waals surface area contributed by atoms with Crippen molar-refractivity contribution in [3.05, 3.63) is 18.2 Å². The summed E-state index contributed by atoms with van der Waals surface area (Å²) in [5.74, 6) is 1.92. The maximum Gasteiger partial charge on any atom is 0.319 e. The Bertz CT molecular complexity index is 472. The van der Waals surface area contributed by atoms with Gasteiger partial charge in [-0.1, -0.05) is 0 Å². The zero-order chi connectivity index (χ0) is 14.5. The van der Waals surface area contributed by atoms with Crippen LogP contribution in [0, 0.1) is 5.92 Å². The molecule has 0 radical (unpaired) electrons. The van der Waals surface area contributed by atoms with Crippen molar-refractivity contribution in [3.8, 4) is 11.5 Å². The SMILES string of the molecule is CCOc1cc(NC(=O)NC(C)C2CC2)ccc1OC. The molecular formula is C15H22N2O3. The summed E-state index contributed by atoms with van der Waals surface area (Å²) in [5, 5.41) is 5.77. The lowest BCUT2D eigenvalue weighted by Crippen LogP contribution is -2.37. The van der Waals surface area contributed by atoms with Crippen LogP contribution < -0.4 is 20.1 Å². The second-order valence-electron chi connectivity index (χ2n) is 5.02. The van der Waals surface area contributed by atoms with Gasteiger partial charge in [-0.3, -0.25) is 0 Å². The number of anilines is 1. The molecule has 0 bridgehead atoms. The first kappa shape index (κ1) is 14.5. The number of carbonyl (C=O) groups is 1. The van der Waals surface area contributed by atoms with Crippen molar-refractivity contribution in [3.63, 3.8) is 0 Å². The van der Waals surface area contributed by atoms with Gasteiger partial charge in [-0.05, 0) is 44.7 Å². The topological polar surface area (TPSA) is 59.6 Å². The molecule has 5 nitrogen and oxygen atoms in total. The van der Waals surface area contributed by atoms with Gasteiger partial charge in [-0.15, -0.1) is 0 Å². The molecule has 1 aliphatic carbocycles. The van der Waals surface area contributed by atoms with Crippen LogP contribution in [-0.4, -0.2) is 25.8 Å². The van der Waals surface area contributed by atoms with Crippen LogP contribution in [0.1, 0.15) is 26.7 Å². The maximum absolute atomic E-state index is 11.9. The van der Waals surface area contributed by atoms with E-state index in [0.29, 0.717) is 29.7 Å². The van der Waals surface area contributed by atoms with Crippen LogP contribution >= 0.6 is 0 Å². The fourth-order valence-corrected chi connectivity index (χ4v) is 2.11. The molecule has 0 saturated heterocycles. The number of rotatable bonds is 6. The Kier molecular flexibility index (Phi) is 4.71. The Morgan fingerprint density at radius 1 is 1.40 bits per heavy atom. The van der Waals surface area contributed by atoms with E-state index in [2.05, 4.69) is 10.6 Å². The number of ether oxygens (including phenoxy) is 2. The third kappa shape index (κ3) is 3.79. The van der Waals surface area contributed by atoms with Gasteiger partial charge in [-0.25, -0.2) is 4.79 Å². The lowest BCUT2D eigenvalue weighted by Gasteiger charge is -2.15. The highest BCUT2D eigenvalue weighted by molar-refractivity contribution is 5.89. The van der Waals surface area contributed by atoms with Crippen LogP contribution in [0.4, 0.5) is 10.5 Å². The number of benzene rings is 1. The van der Waals surface area contributed by atoms with Crippen LogP contribution in [0.2, 0.25) is 0 Å². The van der Waals surface area contributed by atoms with E-state index in [0.717, 1.165) is 0 Å². The summed E-state index contributed by atoms with van der Waals surface area (Å²) in [6, 6.07) is 5.38. The van der Waals surface area contributed by atoms with E-state index >= 15 is 0 Å². The van der Waals surface area contributed by atoms with Gasteiger partial charge in [0, 0.05) is 17.8 Å². The smallest absolute Gasteiger partial charge is 0.319 e. The molecule has 110 valence electrons. The summed E-state index contributed by atoms with van der Waals surface area (Å²) < 4.78 is 10.7. The van der Waals surface area contributed by atoms with Crippen molar-refractivity contribution >= 4 is 11.7 Å². The van der Waals surface area contributed by atoms with E-state index in [1.165, 1.54) is 12.8 Å². The van der Waals surface area contributed by atoms with Gasteiger partial charge in [0.1, 0.15) is 0 Å². The molecule has 0 spiro atoms. The molecule has 2 amide bonds. The van der Waals surface area contributed by atoms with Gasteiger partial charge in [0.2, 0.25) is 0 Å². The van der Waals surface area contributed by atoms with E-state index in [-0.39, 0.29) is 12.1 Å². The number of carbonyl (C=O) groups excluding carboxylic acids is 1. The molecule has 1 aromatic rings. The minimum absolute atomic E-state index is 0.183. The average molecular weight is 278 g/mol. The molecule has 1 unspecified atom stereocenters. The van der Waals surface area contributed by atoms with E-state index in [1.54, 1.807) is 25.3 Å². The van der Waals surface area contributed by atoms with Crippen molar-refractivity contribution in [1.29, 1.82) is 0 Å². The molecule has 0 heterocycles. The Hall–Kier alpha value is -1.91. The first-order valence-electron chi connectivity index (χ1n) is 7.02. The van der Waals surface area contributed by atoms with Gasteiger partial charge in [0.25, 0.3) is 0 Å². The predicted octanol–water partition coefficient (Wildman–Crippen LogP) is 3.01. The number of hydrogen-bond acceptors (Lipinski definition) is 3. The predicted molar refractivity (Wildman–Crippen MR) is 78.5 cm³/mol. The van der Waals surface area contributed by atoms with Gasteiger partial charge < -0.3 is 20.1 Å². The quantitative estimate of drug-likeness (QED) is 0.841. The summed E-state index contributed by atoms with van der Waals surface area (Å²) in [7, 11) is 1.59. The zero-order valence-corrected chi connectivity index (χ0v) is 12.2. The molecule has 5 heteroatoms. The largest absolute Gasteiger partial charge is 0.493 e. The maximum atomic E-state index is 11.9. The summed E-state index contributed by atoms with van der Waals surface area (Å²) in [4.78, 5) is 11.9. The normalized spacial score (nSPS) is 15.3. The zero-order valence-electron chi connectivity index (χ0n) is 12.2. The summed E-state index contributed by atoms with van der Waals surface area (Å²) in [6.07, 6.45) is 2.41. The lowest BCUT2D eigenvalue weighted by molar-refractivity contribution is 0.248. The second-order valence-corrected chi connectivity index (χ2v) is 5.02. The summed E-state index contributed by atoms with van der Waals surface area (Å²) in [6.45, 7) is 4.49. The van der Waals surface area contributed by atoms with E-state index in [4.69, 9.17) is 9.47 Å². The van der Waals surface area contributed by atoms with Gasteiger partial charge in [0.15, 0.2) is 11.5 Å². The molecule has 20 heavy (non-hydrogen) atoms. The number of methoxy groups -OCH3 is 1. The monoisotopic (exact) mass is 278 g/mol. The Balaban J connectivity index is 1.97. The number of urea groups is 1. The van der Waals surface area contributed by atoms with Crippen LogP contribution in [0.25, 0.3) is 0 Å². The molecule has 2 N–H and O–H groups in total. The third-order valence-electron chi connectivity index (χ3n) is 3.41. The highest BCUT2D eigenvalue weighted by atomic mass is 16.5. The Morgan fingerprint density at radius 3 is 2.75 bits per heavy atom. The van der Waals surface area contributed by atoms with Crippen LogP contribution in [0.3, 0.4) is 0 Å². The minimum Gasteiger partial charge on any atom is -0.493 e. The van der Waals surface area contributed by atoms with E-state index < -0.39 is 0 Å². The first-order valence-corrected chi connectivity index (χ1v) is 7.02. The van der Waals surface area contributed by atoms with Gasteiger partial charge in [0.05, 0.1) is 13.7 Å². The van der Waals surface area contributed by atoms with E-state index in [1.807, 2.05) is 13.8 Å². The third-order valence-corrected chi connectivity index (χ3v) is 3.41. The van der Waals surface area contributed by atoms with Crippen LogP contribution in [0.5, 0.6) is 11.5 Å². The molecule has 1 saturated carbocycles. The first-order chi connectivity index (χ1) is 9.63. The van der Waals surface area contributed by atoms with Crippen molar-refractivity contribution in [2.75, 3.05) is 19.0 Å². The number of hydrogen-bond donors (Lipinski definition) is 2. The molecule has 2 rings (SSSR count). The summed E-state index contributed by atoms with van der Waals surface area (Å²) >= 11 is 0. The highest BCUT2D eigenvalue weighted by Gasteiger charge is 2.28. The molecule has 1 aliphatic rings. The molecular weight excluding hydrogens is 256 g/mol. The fourth-order valence-electron chi connectivity index (χ4n) is 2.11. The van der Waals surface area contributed by atoms with Crippen LogP contribution in [-0.2, 0) is 0 Å². The fraction of sp³-hybridized carbons (Fsp3) is 0.533. The minimum atomic E-state index is -0.183. The second kappa shape index (κ2) is 6.50. The van der Waals surface area contributed by atoms with Crippen molar-refractivity contribution < 1.29 is 14.3 Å². The Labute approximate surface area is 119 Å². The van der Waals surface area contributed by atoms with Gasteiger partial charge >= 0.3 is 6.03 Å². The summed E-state index contributed by atoms with van der Waals surface area (Å²) in [5.41, 5.74) is 0.690. The van der Waals surface area contributed by atoms with Crippen molar-refractivity contribution in [2.24, 2.45) is 5.92 Å². The van der Waals surface area contributed by atoms with Gasteiger partial charge in [-0.2, -0.15) is 0 Å². The number of nitrogens with one attached hydrogen (secondary N) is 2. The molecule has 1 fully saturated rings. The molecule has 1 aromatic carbocycles. The van der Waals surface area contributed by atoms with Crippen molar-refractivity contribution in [2.45, 2.75) is 32.7 Å². The van der Waals surface area contributed by atoms with Crippen LogP contribution in [0.15, 0.2) is 18.2 Å².